The summed E-state index contributed by atoms with van der Waals surface area (Å²) in [4.78, 5) is 17.1. The Kier molecular flexibility index (Phi) is 5.73. The first-order valence-electron chi connectivity index (χ1n) is 10.3. The number of pyridine rings is 1. The van der Waals surface area contributed by atoms with Crippen molar-refractivity contribution in [2.24, 2.45) is 7.05 Å². The van der Waals surface area contributed by atoms with Crippen molar-refractivity contribution < 1.29 is 4.74 Å². The zero-order valence-electron chi connectivity index (χ0n) is 17.7. The van der Waals surface area contributed by atoms with Gasteiger partial charge in [-0.3, -0.25) is 0 Å². The van der Waals surface area contributed by atoms with E-state index < -0.39 is 0 Å². The molecule has 9 heteroatoms. The number of anilines is 3. The third kappa shape index (κ3) is 4.86. The maximum atomic E-state index is 5.80. The second kappa shape index (κ2) is 9.13. The van der Waals surface area contributed by atoms with Gasteiger partial charge in [0.15, 0.2) is 0 Å². The Hall–Kier alpha value is -4.17. The average Bonchev–Trinajstić information content (AvgIpc) is 3.16. The molecule has 5 rings (SSSR count). The van der Waals surface area contributed by atoms with E-state index in [0.717, 1.165) is 34.1 Å². The molecule has 0 bridgehead atoms. The molecule has 0 saturated carbocycles. The van der Waals surface area contributed by atoms with Crippen LogP contribution in [0.25, 0.3) is 11.0 Å². The number of hydrogen-bond acceptors (Lipinski definition) is 7. The van der Waals surface area contributed by atoms with Gasteiger partial charge in [0.05, 0.1) is 28.4 Å². The summed E-state index contributed by atoms with van der Waals surface area (Å²) in [6.45, 7) is 0.619. The monoisotopic (exact) mass is 457 g/mol. The van der Waals surface area contributed by atoms with Crippen molar-refractivity contribution >= 4 is 40.1 Å². The van der Waals surface area contributed by atoms with E-state index >= 15 is 0 Å². The van der Waals surface area contributed by atoms with Gasteiger partial charge in [-0.1, -0.05) is 29.8 Å². The van der Waals surface area contributed by atoms with Gasteiger partial charge >= 0.3 is 6.01 Å². The van der Waals surface area contributed by atoms with Gasteiger partial charge in [0, 0.05) is 25.5 Å². The quantitative estimate of drug-likeness (QED) is 0.330. The number of ether oxygens (including phenoxy) is 1. The van der Waals surface area contributed by atoms with Crippen LogP contribution in [-0.2, 0) is 13.6 Å². The molecule has 0 amide bonds. The zero-order chi connectivity index (χ0) is 22.6. The van der Waals surface area contributed by atoms with Crippen LogP contribution in [-0.4, -0.2) is 24.5 Å². The van der Waals surface area contributed by atoms with E-state index in [1.165, 1.54) is 12.4 Å². The van der Waals surface area contributed by atoms with Gasteiger partial charge in [-0.15, -0.1) is 0 Å². The van der Waals surface area contributed by atoms with Crippen LogP contribution in [0.2, 0.25) is 5.02 Å². The Bertz CT molecular complexity index is 1370. The molecule has 2 N–H and O–H groups in total. The highest BCUT2D eigenvalue weighted by Gasteiger charge is 2.09. The van der Waals surface area contributed by atoms with Crippen molar-refractivity contribution in [3.8, 4) is 11.8 Å². The lowest BCUT2D eigenvalue weighted by molar-refractivity contribution is 0.441. The molecular weight excluding hydrogens is 438 g/mol. The van der Waals surface area contributed by atoms with E-state index in [0.29, 0.717) is 17.3 Å². The molecule has 0 fully saturated rings. The Labute approximate surface area is 195 Å². The molecule has 0 unspecified atom stereocenters. The summed E-state index contributed by atoms with van der Waals surface area (Å²) in [5, 5.41) is 7.18. The number of benzene rings is 2. The smallest absolute Gasteiger partial charge is 0.321 e. The van der Waals surface area contributed by atoms with Crippen LogP contribution in [0.5, 0.6) is 11.8 Å². The lowest BCUT2D eigenvalue weighted by Gasteiger charge is -2.08. The number of rotatable bonds is 7. The minimum atomic E-state index is 0.252. The first-order chi connectivity index (χ1) is 16.1. The van der Waals surface area contributed by atoms with Gasteiger partial charge in [-0.05, 0) is 48.0 Å². The molecule has 8 nitrogen and oxygen atoms in total. The Balaban J connectivity index is 1.25. The van der Waals surface area contributed by atoms with Crippen LogP contribution in [0.3, 0.4) is 0 Å². The zero-order valence-corrected chi connectivity index (χ0v) is 18.5. The van der Waals surface area contributed by atoms with Crippen LogP contribution in [0.4, 0.5) is 17.5 Å². The minimum absolute atomic E-state index is 0.252. The van der Waals surface area contributed by atoms with Gasteiger partial charge in [-0.2, -0.15) is 0 Å². The molecule has 5 aromatic rings. The number of aryl methyl sites for hydroxylation is 1. The topological polar surface area (TPSA) is 89.8 Å². The third-order valence-electron chi connectivity index (χ3n) is 5.00. The van der Waals surface area contributed by atoms with Crippen molar-refractivity contribution in [3.05, 3.63) is 89.8 Å². The second-order valence-corrected chi connectivity index (χ2v) is 7.76. The number of imidazole rings is 1. The molecule has 164 valence electrons. The number of halogens is 1. The summed E-state index contributed by atoms with van der Waals surface area (Å²) in [5.74, 6) is 2.24. The molecule has 3 heterocycles. The minimum Gasteiger partial charge on any atom is -0.424 e. The lowest BCUT2D eigenvalue weighted by atomic mass is 10.2. The first-order valence-corrected chi connectivity index (χ1v) is 10.6. The fraction of sp³-hybridized carbons (Fsp3) is 0.0833. The maximum absolute atomic E-state index is 5.80. The second-order valence-electron chi connectivity index (χ2n) is 7.32. The van der Waals surface area contributed by atoms with E-state index in [2.05, 4.69) is 31.7 Å². The van der Waals surface area contributed by atoms with Crippen LogP contribution >= 0.6 is 11.6 Å². The molecule has 0 atom stereocenters. The molecule has 0 aliphatic carbocycles. The fourth-order valence-corrected chi connectivity index (χ4v) is 3.42. The number of nitrogens with zero attached hydrogens (tertiary/aromatic N) is 5. The van der Waals surface area contributed by atoms with Crippen LogP contribution < -0.4 is 15.4 Å². The Morgan fingerprint density at radius 1 is 0.970 bits per heavy atom. The fourth-order valence-electron chi connectivity index (χ4n) is 3.33. The summed E-state index contributed by atoms with van der Waals surface area (Å²) >= 11 is 5.80. The Morgan fingerprint density at radius 2 is 1.79 bits per heavy atom. The predicted octanol–water partition coefficient (Wildman–Crippen LogP) is 5.56. The lowest BCUT2D eigenvalue weighted by Crippen LogP contribution is -2.05. The molecule has 0 aliphatic rings. The molecule has 3 aromatic heterocycles. The van der Waals surface area contributed by atoms with Gasteiger partial charge in [0.1, 0.15) is 11.6 Å². The molecule has 0 radical (unpaired) electrons. The summed E-state index contributed by atoms with van der Waals surface area (Å²) < 4.78 is 7.67. The highest BCUT2D eigenvalue weighted by atomic mass is 35.5. The molecule has 0 aliphatic heterocycles. The highest BCUT2D eigenvalue weighted by Crippen LogP contribution is 2.24. The summed E-state index contributed by atoms with van der Waals surface area (Å²) in [5.41, 5.74) is 3.98. The van der Waals surface area contributed by atoms with E-state index in [9.17, 15) is 0 Å². The van der Waals surface area contributed by atoms with Crippen molar-refractivity contribution in [3.63, 3.8) is 0 Å². The highest BCUT2D eigenvalue weighted by molar-refractivity contribution is 6.30. The molecule has 0 spiro atoms. The van der Waals surface area contributed by atoms with Crippen LogP contribution in [0, 0.1) is 0 Å². The number of fused-ring (bicyclic) bond motifs is 1. The number of hydrogen-bond donors (Lipinski definition) is 2. The number of aromatic nitrogens is 5. The summed E-state index contributed by atoms with van der Waals surface area (Å²) in [6, 6.07) is 19.8. The van der Waals surface area contributed by atoms with Crippen LogP contribution in [0.1, 0.15) is 5.56 Å². The van der Waals surface area contributed by atoms with Gasteiger partial charge in [0.25, 0.3) is 0 Å². The van der Waals surface area contributed by atoms with Gasteiger partial charge < -0.3 is 19.9 Å². The summed E-state index contributed by atoms with van der Waals surface area (Å²) in [7, 11) is 1.99. The molecule has 33 heavy (non-hydrogen) atoms. The largest absolute Gasteiger partial charge is 0.424 e. The van der Waals surface area contributed by atoms with Crippen molar-refractivity contribution in [1.29, 1.82) is 0 Å². The first kappa shape index (κ1) is 20.7. The van der Waals surface area contributed by atoms with Crippen molar-refractivity contribution in [2.45, 2.75) is 6.54 Å². The SMILES string of the molecule is Cn1c(NCc2ccc(Oc3ncc(Cl)cn3)cc2)nc2ccc(Nc3ccccn3)cc21. The molecule has 2 aromatic carbocycles. The standard InChI is InChI=1S/C24H20ClN7O/c1-32-21-12-18(30-22-4-2-3-11-26-22)7-10-20(21)31-23(32)27-13-16-5-8-19(9-6-16)33-24-28-14-17(25)15-29-24/h2-12,14-15H,13H2,1H3,(H,26,30)(H,27,31). The third-order valence-corrected chi connectivity index (χ3v) is 5.19. The average molecular weight is 458 g/mol. The molecule has 0 saturated heterocycles. The summed E-state index contributed by atoms with van der Waals surface area (Å²) in [6.07, 6.45) is 4.75. The van der Waals surface area contributed by atoms with Crippen molar-refractivity contribution in [2.75, 3.05) is 10.6 Å². The molecular formula is C24H20ClN7O. The van der Waals surface area contributed by atoms with Gasteiger partial charge in [0.2, 0.25) is 5.95 Å². The van der Waals surface area contributed by atoms with Gasteiger partial charge in [-0.25, -0.2) is 19.9 Å². The predicted molar refractivity (Wildman–Crippen MR) is 129 cm³/mol. The van der Waals surface area contributed by atoms with E-state index in [1.54, 1.807) is 6.20 Å². The van der Waals surface area contributed by atoms with E-state index in [-0.39, 0.29) is 6.01 Å². The van der Waals surface area contributed by atoms with Crippen LogP contribution in [0.15, 0.2) is 79.3 Å². The normalized spacial score (nSPS) is 10.8. The number of nitrogens with one attached hydrogen (secondary N) is 2. The van der Waals surface area contributed by atoms with E-state index in [4.69, 9.17) is 21.3 Å². The van der Waals surface area contributed by atoms with Crippen molar-refractivity contribution in [1.82, 2.24) is 24.5 Å². The Morgan fingerprint density at radius 3 is 2.55 bits per heavy atom. The van der Waals surface area contributed by atoms with E-state index in [1.807, 2.05) is 66.2 Å². The maximum Gasteiger partial charge on any atom is 0.321 e.